The lowest BCUT2D eigenvalue weighted by Crippen LogP contribution is -2.25. The molecule has 0 saturated heterocycles. The van der Waals surface area contributed by atoms with Gasteiger partial charge in [-0.1, -0.05) is 24.3 Å². The Hall–Kier alpha value is -2.44. The van der Waals surface area contributed by atoms with E-state index in [2.05, 4.69) is 0 Å². The van der Waals surface area contributed by atoms with E-state index < -0.39 is 9.84 Å². The van der Waals surface area contributed by atoms with E-state index in [0.29, 0.717) is 18.5 Å². The summed E-state index contributed by atoms with van der Waals surface area (Å²) in [6.45, 7) is 0.670. The topological polar surface area (TPSA) is 63.7 Å². The Labute approximate surface area is 166 Å². The minimum Gasteiger partial charge on any atom is -0.497 e. The van der Waals surface area contributed by atoms with Crippen LogP contribution in [-0.4, -0.2) is 53.1 Å². The second-order valence-electron chi connectivity index (χ2n) is 7.41. The van der Waals surface area contributed by atoms with Crippen LogP contribution in [0.4, 0.5) is 0 Å². The minimum atomic E-state index is -3.26. The van der Waals surface area contributed by atoms with E-state index in [0.717, 1.165) is 22.4 Å². The Bertz CT molecular complexity index is 1000. The fraction of sp³-hybridized carbons (Fsp3) is 0.318. The summed E-state index contributed by atoms with van der Waals surface area (Å²) in [4.78, 5) is 15.5. The molecule has 1 aliphatic rings. The number of benzene rings is 2. The molecule has 1 aliphatic carbocycles. The smallest absolute Gasteiger partial charge is 0.175 e. The van der Waals surface area contributed by atoms with Crippen LogP contribution >= 0.6 is 0 Å². The van der Waals surface area contributed by atoms with Crippen LogP contribution in [0.25, 0.3) is 11.1 Å². The predicted molar refractivity (Wildman–Crippen MR) is 111 cm³/mol. The van der Waals surface area contributed by atoms with Gasteiger partial charge in [0.15, 0.2) is 15.6 Å². The Kier molecular flexibility index (Phi) is 5.72. The SMILES string of the molecule is COc1ccc(C2=C(c3ccc(S(C)(=O)=O)cc3)CC(CN(C)C)C2=O)cc1. The van der Waals surface area contributed by atoms with Gasteiger partial charge in [-0.15, -0.1) is 0 Å². The van der Waals surface area contributed by atoms with Gasteiger partial charge >= 0.3 is 0 Å². The number of carbonyl (C=O) groups is 1. The van der Waals surface area contributed by atoms with Crippen LogP contribution in [0.2, 0.25) is 0 Å². The normalized spacial score (nSPS) is 17.5. The van der Waals surface area contributed by atoms with Crippen molar-refractivity contribution in [3.8, 4) is 5.75 Å². The van der Waals surface area contributed by atoms with Gasteiger partial charge in [-0.05, 0) is 61.5 Å². The molecule has 2 aromatic carbocycles. The van der Waals surface area contributed by atoms with Gasteiger partial charge in [0.2, 0.25) is 0 Å². The highest BCUT2D eigenvalue weighted by molar-refractivity contribution is 7.90. The molecule has 148 valence electrons. The molecule has 0 spiro atoms. The maximum atomic E-state index is 13.2. The fourth-order valence-corrected chi connectivity index (χ4v) is 4.25. The van der Waals surface area contributed by atoms with Crippen molar-refractivity contribution in [1.82, 2.24) is 4.90 Å². The molecule has 2 aromatic rings. The van der Waals surface area contributed by atoms with Gasteiger partial charge in [0.25, 0.3) is 0 Å². The predicted octanol–water partition coefficient (Wildman–Crippen LogP) is 3.16. The van der Waals surface area contributed by atoms with E-state index in [1.165, 1.54) is 6.26 Å². The number of ether oxygens (including phenoxy) is 1. The first-order valence-electron chi connectivity index (χ1n) is 9.07. The first kappa shape index (κ1) is 20.3. The molecular weight excluding hydrogens is 374 g/mol. The van der Waals surface area contributed by atoms with Crippen molar-refractivity contribution >= 4 is 26.8 Å². The van der Waals surface area contributed by atoms with Gasteiger partial charge in [-0.2, -0.15) is 0 Å². The highest BCUT2D eigenvalue weighted by atomic mass is 32.2. The third-order valence-electron chi connectivity index (χ3n) is 4.96. The molecule has 6 heteroatoms. The Morgan fingerprint density at radius 2 is 1.57 bits per heavy atom. The molecule has 0 aromatic heterocycles. The van der Waals surface area contributed by atoms with Crippen LogP contribution in [-0.2, 0) is 14.6 Å². The maximum absolute atomic E-state index is 13.2. The fourth-order valence-electron chi connectivity index (χ4n) is 3.62. The number of nitrogens with zero attached hydrogens (tertiary/aromatic N) is 1. The zero-order valence-corrected chi connectivity index (χ0v) is 17.4. The summed E-state index contributed by atoms with van der Waals surface area (Å²) in [5.41, 5.74) is 3.41. The average molecular weight is 400 g/mol. The van der Waals surface area contributed by atoms with E-state index >= 15 is 0 Å². The molecule has 1 atom stereocenters. The van der Waals surface area contributed by atoms with Gasteiger partial charge in [0, 0.05) is 24.3 Å². The zero-order valence-electron chi connectivity index (χ0n) is 16.6. The lowest BCUT2D eigenvalue weighted by atomic mass is 9.96. The molecule has 0 N–H and O–H groups in total. The van der Waals surface area contributed by atoms with Crippen molar-refractivity contribution in [2.24, 2.45) is 5.92 Å². The summed E-state index contributed by atoms with van der Waals surface area (Å²) in [7, 11) is 2.27. The first-order chi connectivity index (χ1) is 13.2. The summed E-state index contributed by atoms with van der Waals surface area (Å²) < 4.78 is 28.7. The Balaban J connectivity index is 2.07. The van der Waals surface area contributed by atoms with Crippen LogP contribution in [0.5, 0.6) is 5.75 Å². The van der Waals surface area contributed by atoms with Crippen LogP contribution in [0.3, 0.4) is 0 Å². The minimum absolute atomic E-state index is 0.114. The number of carbonyl (C=O) groups excluding carboxylic acids is 1. The Morgan fingerprint density at radius 3 is 2.07 bits per heavy atom. The van der Waals surface area contributed by atoms with Crippen molar-refractivity contribution in [1.29, 1.82) is 0 Å². The third-order valence-corrected chi connectivity index (χ3v) is 6.09. The second-order valence-corrected chi connectivity index (χ2v) is 9.42. The molecule has 5 nitrogen and oxygen atoms in total. The number of hydrogen-bond acceptors (Lipinski definition) is 5. The number of methoxy groups -OCH3 is 1. The van der Waals surface area contributed by atoms with E-state index in [4.69, 9.17) is 4.74 Å². The summed E-state index contributed by atoms with van der Waals surface area (Å²) in [6, 6.07) is 14.3. The monoisotopic (exact) mass is 399 g/mol. The number of ketones is 1. The number of rotatable bonds is 6. The van der Waals surface area contributed by atoms with Gasteiger partial charge in [-0.25, -0.2) is 8.42 Å². The van der Waals surface area contributed by atoms with Crippen LogP contribution in [0.1, 0.15) is 17.5 Å². The number of sulfone groups is 1. The van der Waals surface area contributed by atoms with Crippen molar-refractivity contribution in [3.63, 3.8) is 0 Å². The molecule has 0 fully saturated rings. The average Bonchev–Trinajstić information content (AvgIpc) is 2.97. The van der Waals surface area contributed by atoms with E-state index in [-0.39, 0.29) is 16.6 Å². The standard InChI is InChI=1S/C22H25NO4S/c1-23(2)14-17-13-20(15-7-11-19(12-8-15)28(4,25)26)21(22(17)24)16-5-9-18(27-3)10-6-16/h5-12,17H,13-14H2,1-4H3. The van der Waals surface area contributed by atoms with E-state index in [1.54, 1.807) is 31.4 Å². The summed E-state index contributed by atoms with van der Waals surface area (Å²) in [6.07, 6.45) is 1.83. The molecule has 3 rings (SSSR count). The molecule has 1 unspecified atom stereocenters. The molecule has 0 aliphatic heterocycles. The summed E-state index contributed by atoms with van der Waals surface area (Å²) in [5, 5.41) is 0. The number of hydrogen-bond donors (Lipinski definition) is 0. The van der Waals surface area contributed by atoms with Gasteiger partial charge in [-0.3, -0.25) is 4.79 Å². The lowest BCUT2D eigenvalue weighted by molar-refractivity contribution is -0.117. The second kappa shape index (κ2) is 7.89. The van der Waals surface area contributed by atoms with Crippen LogP contribution in [0.15, 0.2) is 53.4 Å². The molecule has 0 amide bonds. The molecule has 0 radical (unpaired) electrons. The lowest BCUT2D eigenvalue weighted by Gasteiger charge is -2.15. The summed E-state index contributed by atoms with van der Waals surface area (Å²) in [5.74, 6) is 0.747. The number of Topliss-reactive ketones (excluding diaryl/α,β-unsaturated/α-hetero) is 1. The van der Waals surface area contributed by atoms with Gasteiger partial charge in [0.1, 0.15) is 5.75 Å². The van der Waals surface area contributed by atoms with Crippen molar-refractivity contribution in [3.05, 3.63) is 59.7 Å². The molecular formula is C22H25NO4S. The zero-order chi connectivity index (χ0) is 20.5. The highest BCUT2D eigenvalue weighted by Gasteiger charge is 2.34. The highest BCUT2D eigenvalue weighted by Crippen LogP contribution is 2.41. The summed E-state index contributed by atoms with van der Waals surface area (Å²) >= 11 is 0. The Morgan fingerprint density at radius 1 is 1.00 bits per heavy atom. The first-order valence-corrected chi connectivity index (χ1v) is 11.0. The molecule has 0 heterocycles. The van der Waals surface area contributed by atoms with Crippen molar-refractivity contribution in [2.75, 3.05) is 34.0 Å². The third kappa shape index (κ3) is 4.18. The van der Waals surface area contributed by atoms with Crippen molar-refractivity contribution in [2.45, 2.75) is 11.3 Å². The van der Waals surface area contributed by atoms with E-state index in [9.17, 15) is 13.2 Å². The van der Waals surface area contributed by atoms with Gasteiger partial charge in [0.05, 0.1) is 12.0 Å². The van der Waals surface area contributed by atoms with Gasteiger partial charge < -0.3 is 9.64 Å². The van der Waals surface area contributed by atoms with E-state index in [1.807, 2.05) is 43.3 Å². The quantitative estimate of drug-likeness (QED) is 0.747. The molecule has 28 heavy (non-hydrogen) atoms. The number of allylic oxidation sites excluding steroid dienone is 2. The van der Waals surface area contributed by atoms with Crippen LogP contribution < -0.4 is 4.74 Å². The largest absolute Gasteiger partial charge is 0.497 e. The molecule has 0 bridgehead atoms. The van der Waals surface area contributed by atoms with Crippen LogP contribution in [0, 0.1) is 5.92 Å². The van der Waals surface area contributed by atoms with Crippen molar-refractivity contribution < 1.29 is 17.9 Å². The maximum Gasteiger partial charge on any atom is 0.175 e. The molecule has 0 saturated carbocycles.